The van der Waals surface area contributed by atoms with Crippen molar-refractivity contribution in [3.63, 3.8) is 0 Å². The number of hydrogen-bond donors (Lipinski definition) is 1. The minimum atomic E-state index is -0.181. The van der Waals surface area contributed by atoms with Crippen molar-refractivity contribution in [2.45, 2.75) is 6.42 Å². The Morgan fingerprint density at radius 3 is 2.73 bits per heavy atom. The van der Waals surface area contributed by atoms with E-state index in [4.69, 9.17) is 0 Å². The van der Waals surface area contributed by atoms with Crippen LogP contribution < -0.4 is 5.32 Å². The second-order valence-corrected chi connectivity index (χ2v) is 5.99. The molecule has 0 bridgehead atoms. The summed E-state index contributed by atoms with van der Waals surface area (Å²) < 4.78 is 1.94. The van der Waals surface area contributed by atoms with Crippen LogP contribution in [0.25, 0.3) is 16.6 Å². The van der Waals surface area contributed by atoms with E-state index in [-0.39, 0.29) is 5.91 Å². The number of rotatable bonds is 5. The topological polar surface area (TPSA) is 59.8 Å². The van der Waals surface area contributed by atoms with Crippen LogP contribution in [0, 0.1) is 0 Å². The molecule has 3 heterocycles. The maximum absolute atomic E-state index is 12.4. The van der Waals surface area contributed by atoms with Crippen molar-refractivity contribution in [3.8, 4) is 5.69 Å². The fraction of sp³-hybridized carbons (Fsp3) is 0.0952. The Labute approximate surface area is 151 Å². The number of carbonyl (C=O) groups excluding carboxylic acids is 1. The molecule has 0 atom stereocenters. The summed E-state index contributed by atoms with van der Waals surface area (Å²) in [4.78, 5) is 21.2. The highest BCUT2D eigenvalue weighted by Crippen LogP contribution is 2.12. The van der Waals surface area contributed by atoms with Gasteiger partial charge in [-0.1, -0.05) is 24.3 Å². The zero-order chi connectivity index (χ0) is 17.8. The van der Waals surface area contributed by atoms with Crippen LogP contribution in [0.1, 0.15) is 16.2 Å². The van der Waals surface area contributed by atoms with Crippen LogP contribution in [-0.4, -0.2) is 27.0 Å². The molecule has 0 aliphatic heterocycles. The molecule has 1 amide bonds. The van der Waals surface area contributed by atoms with Crippen LogP contribution in [0.3, 0.4) is 0 Å². The molecule has 0 fully saturated rings. The maximum Gasteiger partial charge on any atom is 0.269 e. The largest absolute Gasteiger partial charge is 0.350 e. The SMILES string of the molecule is O=C(NCCc1ccc2ccccc2n1)c1cc(-n2cccc2)ccn1. The van der Waals surface area contributed by atoms with E-state index in [9.17, 15) is 4.79 Å². The molecule has 26 heavy (non-hydrogen) atoms. The number of nitrogens with one attached hydrogen (secondary N) is 1. The predicted octanol–water partition coefficient (Wildman–Crippen LogP) is 3.39. The maximum atomic E-state index is 12.4. The van der Waals surface area contributed by atoms with Crippen molar-refractivity contribution >= 4 is 16.8 Å². The lowest BCUT2D eigenvalue weighted by molar-refractivity contribution is 0.0949. The van der Waals surface area contributed by atoms with Crippen LogP contribution in [0.15, 0.2) is 79.3 Å². The molecule has 0 aliphatic rings. The second kappa shape index (κ2) is 7.19. The molecule has 0 unspecified atom stereocenters. The Bertz CT molecular complexity index is 1040. The van der Waals surface area contributed by atoms with Gasteiger partial charge in [0, 0.05) is 48.3 Å². The summed E-state index contributed by atoms with van der Waals surface area (Å²) in [6.45, 7) is 0.513. The summed E-state index contributed by atoms with van der Waals surface area (Å²) in [5.41, 5.74) is 3.24. The van der Waals surface area contributed by atoms with Gasteiger partial charge in [-0.05, 0) is 36.4 Å². The molecule has 3 aromatic heterocycles. The number of nitrogens with zero attached hydrogens (tertiary/aromatic N) is 3. The summed E-state index contributed by atoms with van der Waals surface area (Å²) in [5.74, 6) is -0.181. The molecule has 4 rings (SSSR count). The third kappa shape index (κ3) is 3.47. The van der Waals surface area contributed by atoms with E-state index in [1.807, 2.05) is 65.5 Å². The summed E-state index contributed by atoms with van der Waals surface area (Å²) in [7, 11) is 0. The molecular weight excluding hydrogens is 324 g/mol. The zero-order valence-corrected chi connectivity index (χ0v) is 14.2. The van der Waals surface area contributed by atoms with Gasteiger partial charge in [-0.3, -0.25) is 14.8 Å². The fourth-order valence-corrected chi connectivity index (χ4v) is 2.85. The molecular formula is C21H18N4O. The number of para-hydroxylation sites is 1. The van der Waals surface area contributed by atoms with Gasteiger partial charge in [0.15, 0.2) is 0 Å². The quantitative estimate of drug-likeness (QED) is 0.605. The average Bonchev–Trinajstić information content (AvgIpc) is 3.23. The first-order chi connectivity index (χ1) is 12.8. The van der Waals surface area contributed by atoms with Gasteiger partial charge in [-0.2, -0.15) is 0 Å². The molecule has 0 spiro atoms. The standard InChI is InChI=1S/C21H18N4O/c26-21(20-15-18(10-12-22-20)25-13-3-4-14-25)23-11-9-17-8-7-16-5-1-2-6-19(16)24-17/h1-8,10,12-15H,9,11H2,(H,23,26). The van der Waals surface area contributed by atoms with Crippen LogP contribution in [-0.2, 0) is 6.42 Å². The van der Waals surface area contributed by atoms with Gasteiger partial charge in [0.25, 0.3) is 5.91 Å². The Balaban J connectivity index is 1.40. The number of carbonyl (C=O) groups is 1. The van der Waals surface area contributed by atoms with Gasteiger partial charge >= 0.3 is 0 Å². The van der Waals surface area contributed by atoms with Gasteiger partial charge < -0.3 is 9.88 Å². The van der Waals surface area contributed by atoms with E-state index in [0.717, 1.165) is 22.3 Å². The molecule has 0 saturated heterocycles. The van der Waals surface area contributed by atoms with Crippen molar-refractivity contribution in [1.82, 2.24) is 19.9 Å². The highest BCUT2D eigenvalue weighted by Gasteiger charge is 2.08. The monoisotopic (exact) mass is 342 g/mol. The second-order valence-electron chi connectivity index (χ2n) is 5.99. The summed E-state index contributed by atoms with van der Waals surface area (Å²) >= 11 is 0. The van der Waals surface area contributed by atoms with Gasteiger partial charge in [-0.25, -0.2) is 0 Å². The fourth-order valence-electron chi connectivity index (χ4n) is 2.85. The Kier molecular flexibility index (Phi) is 4.43. The van der Waals surface area contributed by atoms with Crippen molar-refractivity contribution < 1.29 is 4.79 Å². The van der Waals surface area contributed by atoms with Crippen molar-refractivity contribution in [3.05, 3.63) is 90.6 Å². The molecule has 1 aromatic carbocycles. The average molecular weight is 342 g/mol. The first-order valence-corrected chi connectivity index (χ1v) is 8.52. The smallest absolute Gasteiger partial charge is 0.269 e. The lowest BCUT2D eigenvalue weighted by Gasteiger charge is -2.07. The van der Waals surface area contributed by atoms with Gasteiger partial charge in [0.2, 0.25) is 0 Å². The Hall–Kier alpha value is -3.47. The summed E-state index contributed by atoms with van der Waals surface area (Å²) in [5, 5.41) is 4.03. The summed E-state index contributed by atoms with van der Waals surface area (Å²) in [6.07, 6.45) is 6.19. The minimum Gasteiger partial charge on any atom is -0.350 e. The molecule has 0 saturated carbocycles. The molecule has 5 heteroatoms. The third-order valence-electron chi connectivity index (χ3n) is 4.20. The van der Waals surface area contributed by atoms with Crippen LogP contribution in [0.4, 0.5) is 0 Å². The van der Waals surface area contributed by atoms with Gasteiger partial charge in [0.1, 0.15) is 5.69 Å². The molecule has 0 radical (unpaired) electrons. The van der Waals surface area contributed by atoms with Crippen molar-refractivity contribution in [2.24, 2.45) is 0 Å². The van der Waals surface area contributed by atoms with Crippen LogP contribution in [0.2, 0.25) is 0 Å². The van der Waals surface area contributed by atoms with Crippen LogP contribution in [0.5, 0.6) is 0 Å². The lowest BCUT2D eigenvalue weighted by Crippen LogP contribution is -2.26. The normalized spacial score (nSPS) is 10.8. The van der Waals surface area contributed by atoms with Gasteiger partial charge in [-0.15, -0.1) is 0 Å². The van der Waals surface area contributed by atoms with E-state index in [1.165, 1.54) is 0 Å². The molecule has 0 aliphatic carbocycles. The highest BCUT2D eigenvalue weighted by molar-refractivity contribution is 5.92. The first kappa shape index (κ1) is 16.0. The van der Waals surface area contributed by atoms with Crippen molar-refractivity contribution in [2.75, 3.05) is 6.54 Å². The molecule has 1 N–H and O–H groups in total. The number of aromatic nitrogens is 3. The first-order valence-electron chi connectivity index (χ1n) is 8.52. The number of fused-ring (bicyclic) bond motifs is 1. The Morgan fingerprint density at radius 2 is 1.85 bits per heavy atom. The third-order valence-corrected chi connectivity index (χ3v) is 4.20. The van der Waals surface area contributed by atoms with Crippen molar-refractivity contribution in [1.29, 1.82) is 0 Å². The van der Waals surface area contributed by atoms with Gasteiger partial charge in [0.05, 0.1) is 5.52 Å². The lowest BCUT2D eigenvalue weighted by atomic mass is 10.2. The highest BCUT2D eigenvalue weighted by atomic mass is 16.1. The van der Waals surface area contributed by atoms with Crippen LogP contribution >= 0.6 is 0 Å². The van der Waals surface area contributed by atoms with E-state index in [0.29, 0.717) is 18.7 Å². The van der Waals surface area contributed by atoms with E-state index in [1.54, 1.807) is 12.3 Å². The predicted molar refractivity (Wildman–Crippen MR) is 101 cm³/mol. The number of pyridine rings is 2. The van der Waals surface area contributed by atoms with E-state index in [2.05, 4.69) is 21.4 Å². The molecule has 5 nitrogen and oxygen atoms in total. The number of hydrogen-bond acceptors (Lipinski definition) is 3. The summed E-state index contributed by atoms with van der Waals surface area (Å²) in [6, 6.07) is 19.6. The van der Waals surface area contributed by atoms with E-state index < -0.39 is 0 Å². The molecule has 4 aromatic rings. The zero-order valence-electron chi connectivity index (χ0n) is 14.2. The molecule has 128 valence electrons. The Morgan fingerprint density at radius 1 is 1.00 bits per heavy atom. The number of amides is 1. The minimum absolute atomic E-state index is 0.181. The number of benzene rings is 1. The van der Waals surface area contributed by atoms with E-state index >= 15 is 0 Å².